The summed E-state index contributed by atoms with van der Waals surface area (Å²) in [5.41, 5.74) is -0.665. The predicted octanol–water partition coefficient (Wildman–Crippen LogP) is 0.222. The Morgan fingerprint density at radius 2 is 2.18 bits per heavy atom. The van der Waals surface area contributed by atoms with E-state index >= 15 is 0 Å². The van der Waals surface area contributed by atoms with Gasteiger partial charge in [0.1, 0.15) is 5.56 Å². The van der Waals surface area contributed by atoms with Gasteiger partial charge in [-0.2, -0.15) is 0 Å². The molecule has 6 nitrogen and oxygen atoms in total. The lowest BCUT2D eigenvalue weighted by Gasteiger charge is -1.97. The zero-order chi connectivity index (χ0) is 12.8. The summed E-state index contributed by atoms with van der Waals surface area (Å²) >= 11 is 0. The van der Waals surface area contributed by atoms with Gasteiger partial charge in [0.25, 0.3) is 5.56 Å². The smallest absolute Gasteiger partial charge is 0.341 e. The average molecular weight is 236 g/mol. The molecule has 0 saturated carbocycles. The van der Waals surface area contributed by atoms with Crippen LogP contribution in [0.25, 0.3) is 6.08 Å². The maximum atomic E-state index is 11.3. The molecule has 1 amide bonds. The molecule has 1 aromatic heterocycles. The predicted molar refractivity (Wildman–Crippen MR) is 61.7 cm³/mol. The molecular weight excluding hydrogens is 224 g/mol. The molecule has 90 valence electrons. The maximum Gasteiger partial charge on any atom is 0.341 e. The van der Waals surface area contributed by atoms with Gasteiger partial charge in [-0.1, -0.05) is 0 Å². The summed E-state index contributed by atoms with van der Waals surface area (Å²) in [6.07, 6.45) is 2.66. The van der Waals surface area contributed by atoms with Gasteiger partial charge in [0.15, 0.2) is 0 Å². The normalized spacial score (nSPS) is 10.4. The van der Waals surface area contributed by atoms with Crippen LogP contribution < -0.4 is 10.9 Å². The van der Waals surface area contributed by atoms with E-state index in [-0.39, 0.29) is 11.5 Å². The molecule has 0 aliphatic heterocycles. The number of hydrogen-bond acceptors (Lipinski definition) is 3. The molecule has 0 aliphatic carbocycles. The number of carbonyl (C=O) groups excluding carboxylic acids is 1. The summed E-state index contributed by atoms with van der Waals surface area (Å²) in [5, 5.41) is 11.2. The second-order valence-corrected chi connectivity index (χ2v) is 3.19. The Kier molecular flexibility index (Phi) is 4.21. The van der Waals surface area contributed by atoms with Crippen molar-refractivity contribution < 1.29 is 14.7 Å². The molecule has 0 radical (unpaired) electrons. The number of carboxylic acid groups (broad SMARTS) is 1. The van der Waals surface area contributed by atoms with Crippen LogP contribution in [0, 0.1) is 0 Å². The van der Waals surface area contributed by atoms with Crippen LogP contribution in [-0.2, 0) is 4.79 Å². The lowest BCUT2D eigenvalue weighted by Crippen LogP contribution is -2.20. The lowest BCUT2D eigenvalue weighted by atomic mass is 10.2. The van der Waals surface area contributed by atoms with Gasteiger partial charge in [0, 0.05) is 18.3 Å². The molecule has 0 fully saturated rings. The van der Waals surface area contributed by atoms with E-state index in [2.05, 4.69) is 10.3 Å². The van der Waals surface area contributed by atoms with E-state index in [9.17, 15) is 14.4 Å². The summed E-state index contributed by atoms with van der Waals surface area (Å²) in [7, 11) is 0. The van der Waals surface area contributed by atoms with Gasteiger partial charge in [-0.05, 0) is 25.1 Å². The molecule has 0 bridgehead atoms. The minimum Gasteiger partial charge on any atom is -0.477 e. The number of aromatic nitrogens is 1. The van der Waals surface area contributed by atoms with Crippen LogP contribution in [-0.4, -0.2) is 28.5 Å². The summed E-state index contributed by atoms with van der Waals surface area (Å²) in [6.45, 7) is 2.30. The highest BCUT2D eigenvalue weighted by atomic mass is 16.4. The topological polar surface area (TPSA) is 99.3 Å². The molecule has 0 aliphatic rings. The van der Waals surface area contributed by atoms with Crippen LogP contribution in [0.5, 0.6) is 0 Å². The van der Waals surface area contributed by atoms with Crippen molar-refractivity contribution in [2.45, 2.75) is 6.92 Å². The third-order valence-electron chi connectivity index (χ3n) is 1.93. The number of carboxylic acids is 1. The quantitative estimate of drug-likeness (QED) is 0.651. The van der Waals surface area contributed by atoms with Gasteiger partial charge >= 0.3 is 5.97 Å². The van der Waals surface area contributed by atoms with E-state index < -0.39 is 11.5 Å². The third kappa shape index (κ3) is 3.60. The summed E-state index contributed by atoms with van der Waals surface area (Å²) in [4.78, 5) is 35.3. The zero-order valence-corrected chi connectivity index (χ0v) is 9.19. The number of pyridine rings is 1. The Hall–Kier alpha value is -2.37. The molecule has 6 heteroatoms. The van der Waals surface area contributed by atoms with Gasteiger partial charge in [-0.25, -0.2) is 4.79 Å². The number of aromatic amines is 1. The third-order valence-corrected chi connectivity index (χ3v) is 1.93. The molecule has 0 unspecified atom stereocenters. The standard InChI is InChI=1S/C11H12N2O4/c1-2-12-9(14)6-4-7-3-5-8(11(16)17)10(15)13-7/h3-6H,2H2,1H3,(H,12,14)(H,13,15)(H,16,17)/b6-4+. The van der Waals surface area contributed by atoms with Gasteiger partial charge in [0.2, 0.25) is 5.91 Å². The Labute approximate surface area is 97.0 Å². The van der Waals surface area contributed by atoms with Crippen LogP contribution in [0.15, 0.2) is 23.0 Å². The molecular formula is C11H12N2O4. The minimum atomic E-state index is -1.29. The van der Waals surface area contributed by atoms with Crippen molar-refractivity contribution in [3.05, 3.63) is 39.8 Å². The van der Waals surface area contributed by atoms with Crippen molar-refractivity contribution >= 4 is 18.0 Å². The van der Waals surface area contributed by atoms with Crippen molar-refractivity contribution in [3.8, 4) is 0 Å². The number of carbonyl (C=O) groups is 2. The van der Waals surface area contributed by atoms with E-state index in [1.807, 2.05) is 0 Å². The summed E-state index contributed by atoms with van der Waals surface area (Å²) in [6, 6.07) is 2.61. The fraction of sp³-hybridized carbons (Fsp3) is 0.182. The maximum absolute atomic E-state index is 11.3. The fourth-order valence-electron chi connectivity index (χ4n) is 1.15. The van der Waals surface area contributed by atoms with Gasteiger partial charge in [-0.15, -0.1) is 0 Å². The monoisotopic (exact) mass is 236 g/mol. The van der Waals surface area contributed by atoms with E-state index in [1.54, 1.807) is 6.92 Å². The van der Waals surface area contributed by atoms with Crippen LogP contribution in [0.1, 0.15) is 23.0 Å². The molecule has 17 heavy (non-hydrogen) atoms. The van der Waals surface area contributed by atoms with Crippen molar-refractivity contribution in [1.29, 1.82) is 0 Å². The molecule has 0 aromatic carbocycles. The summed E-state index contributed by atoms with van der Waals surface area (Å²) in [5.74, 6) is -1.57. The van der Waals surface area contributed by atoms with Crippen LogP contribution in [0.3, 0.4) is 0 Å². The minimum absolute atomic E-state index is 0.282. The molecule has 3 N–H and O–H groups in total. The number of H-pyrrole nitrogens is 1. The number of hydrogen-bond donors (Lipinski definition) is 3. The average Bonchev–Trinajstić information content (AvgIpc) is 2.26. The van der Waals surface area contributed by atoms with E-state index in [0.29, 0.717) is 12.2 Å². The number of nitrogens with one attached hydrogen (secondary N) is 2. The first kappa shape index (κ1) is 12.7. The SMILES string of the molecule is CCNC(=O)/C=C/c1ccc(C(=O)O)c(=O)[nH]1. The van der Waals surface area contributed by atoms with Crippen molar-refractivity contribution in [1.82, 2.24) is 10.3 Å². The molecule has 0 spiro atoms. The van der Waals surface area contributed by atoms with Crippen LogP contribution in [0.4, 0.5) is 0 Å². The van der Waals surface area contributed by atoms with Gasteiger partial charge < -0.3 is 15.4 Å². The largest absolute Gasteiger partial charge is 0.477 e. The van der Waals surface area contributed by atoms with Gasteiger partial charge in [-0.3, -0.25) is 9.59 Å². The fourth-order valence-corrected chi connectivity index (χ4v) is 1.15. The van der Waals surface area contributed by atoms with E-state index in [0.717, 1.165) is 0 Å². The molecule has 1 heterocycles. The first-order valence-electron chi connectivity index (χ1n) is 4.97. The van der Waals surface area contributed by atoms with Crippen LogP contribution >= 0.6 is 0 Å². The number of aromatic carboxylic acids is 1. The molecule has 0 saturated heterocycles. The highest BCUT2D eigenvalue weighted by Crippen LogP contribution is 1.97. The number of likely N-dealkylation sites (N-methyl/N-ethyl adjacent to an activating group) is 1. The first-order chi connectivity index (χ1) is 8.04. The van der Waals surface area contributed by atoms with Crippen molar-refractivity contribution in [2.24, 2.45) is 0 Å². The van der Waals surface area contributed by atoms with Crippen molar-refractivity contribution in [3.63, 3.8) is 0 Å². The zero-order valence-electron chi connectivity index (χ0n) is 9.19. The molecule has 0 atom stereocenters. The Morgan fingerprint density at radius 1 is 1.47 bits per heavy atom. The number of amides is 1. The lowest BCUT2D eigenvalue weighted by molar-refractivity contribution is -0.116. The highest BCUT2D eigenvalue weighted by Gasteiger charge is 2.07. The second kappa shape index (κ2) is 5.64. The Balaban J connectivity index is 2.88. The van der Waals surface area contributed by atoms with E-state index in [1.165, 1.54) is 24.3 Å². The van der Waals surface area contributed by atoms with E-state index in [4.69, 9.17) is 5.11 Å². The summed E-state index contributed by atoms with van der Waals surface area (Å²) < 4.78 is 0. The first-order valence-corrected chi connectivity index (χ1v) is 4.97. The van der Waals surface area contributed by atoms with Crippen molar-refractivity contribution in [2.75, 3.05) is 6.54 Å². The molecule has 1 aromatic rings. The number of rotatable bonds is 4. The highest BCUT2D eigenvalue weighted by molar-refractivity contribution is 5.91. The molecule has 1 rings (SSSR count). The second-order valence-electron chi connectivity index (χ2n) is 3.19. The van der Waals surface area contributed by atoms with Crippen LogP contribution in [0.2, 0.25) is 0 Å². The van der Waals surface area contributed by atoms with Gasteiger partial charge in [0.05, 0.1) is 0 Å². The Morgan fingerprint density at radius 3 is 2.71 bits per heavy atom. The Bertz CT molecular complexity index is 516.